The number of halogens is 1. The second-order valence-corrected chi connectivity index (χ2v) is 5.46. The molecule has 0 saturated heterocycles. The van der Waals surface area contributed by atoms with Crippen LogP contribution in [0.2, 0.25) is 0 Å². The first-order valence-corrected chi connectivity index (χ1v) is 7.10. The number of rotatable bonds is 3. The zero-order valence-electron chi connectivity index (χ0n) is 11.1. The van der Waals surface area contributed by atoms with E-state index in [0.717, 1.165) is 11.1 Å². The van der Waals surface area contributed by atoms with Crippen molar-refractivity contribution < 1.29 is 9.21 Å². The fourth-order valence-corrected chi connectivity index (χ4v) is 2.41. The molecule has 2 aromatic heterocycles. The maximum Gasteiger partial charge on any atom is 0.323 e. The Labute approximate surface area is 127 Å². The molecule has 3 rings (SSSR count). The molecular formula is C14H12BrN3O3. The lowest BCUT2D eigenvalue weighted by Gasteiger charge is -2.13. The molecule has 2 heterocycles. The van der Waals surface area contributed by atoms with Crippen LogP contribution in [0.15, 0.2) is 44.2 Å². The van der Waals surface area contributed by atoms with Crippen LogP contribution < -0.4 is 11.0 Å². The van der Waals surface area contributed by atoms with E-state index in [1.165, 1.54) is 0 Å². The average molecular weight is 350 g/mol. The summed E-state index contributed by atoms with van der Waals surface area (Å²) in [7, 11) is 0. The number of aromatic nitrogens is 2. The number of hydrogen-bond acceptors (Lipinski definition) is 3. The normalized spacial score (nSPS) is 12.5. The minimum absolute atomic E-state index is 0.218. The second kappa shape index (κ2) is 5.25. The van der Waals surface area contributed by atoms with Crippen molar-refractivity contribution in [1.82, 2.24) is 15.3 Å². The molecule has 6 nitrogen and oxygen atoms in total. The van der Waals surface area contributed by atoms with Crippen molar-refractivity contribution in [1.29, 1.82) is 0 Å². The quantitative estimate of drug-likeness (QED) is 0.678. The van der Waals surface area contributed by atoms with Gasteiger partial charge in [0.2, 0.25) is 0 Å². The van der Waals surface area contributed by atoms with Crippen LogP contribution >= 0.6 is 15.9 Å². The number of imidazole rings is 1. The molecule has 0 aliphatic carbocycles. The zero-order chi connectivity index (χ0) is 15.0. The minimum Gasteiger partial charge on any atom is -0.444 e. The van der Waals surface area contributed by atoms with Crippen molar-refractivity contribution >= 4 is 32.9 Å². The molecule has 0 aliphatic heterocycles. The van der Waals surface area contributed by atoms with E-state index < -0.39 is 0 Å². The Hall–Kier alpha value is -2.28. The molecule has 3 N–H and O–H groups in total. The third kappa shape index (κ3) is 2.78. The maximum absolute atomic E-state index is 12.0. The molecule has 0 radical (unpaired) electrons. The lowest BCUT2D eigenvalue weighted by Crippen LogP contribution is -2.26. The smallest absolute Gasteiger partial charge is 0.323 e. The lowest BCUT2D eigenvalue weighted by atomic mass is 10.1. The van der Waals surface area contributed by atoms with Crippen LogP contribution in [-0.4, -0.2) is 15.9 Å². The van der Waals surface area contributed by atoms with Crippen LogP contribution in [0.5, 0.6) is 0 Å². The van der Waals surface area contributed by atoms with Gasteiger partial charge in [0, 0.05) is 0 Å². The van der Waals surface area contributed by atoms with E-state index in [1.54, 1.807) is 18.2 Å². The van der Waals surface area contributed by atoms with Crippen LogP contribution in [0.1, 0.15) is 29.1 Å². The van der Waals surface area contributed by atoms with E-state index in [2.05, 4.69) is 31.2 Å². The summed E-state index contributed by atoms with van der Waals surface area (Å²) in [5, 5.41) is 2.84. The van der Waals surface area contributed by atoms with E-state index in [0.29, 0.717) is 10.2 Å². The molecule has 21 heavy (non-hydrogen) atoms. The number of hydrogen-bond donors (Lipinski definition) is 3. The number of nitrogens with one attached hydrogen (secondary N) is 3. The van der Waals surface area contributed by atoms with Gasteiger partial charge < -0.3 is 19.7 Å². The Kier molecular flexibility index (Phi) is 3.42. The van der Waals surface area contributed by atoms with Gasteiger partial charge in [-0.1, -0.05) is 6.07 Å². The number of H-pyrrole nitrogens is 2. The van der Waals surface area contributed by atoms with E-state index >= 15 is 0 Å². The van der Waals surface area contributed by atoms with Crippen molar-refractivity contribution in [2.24, 2.45) is 0 Å². The van der Waals surface area contributed by atoms with Gasteiger partial charge in [-0.3, -0.25) is 4.79 Å². The highest BCUT2D eigenvalue weighted by Gasteiger charge is 2.15. The standard InChI is InChI=1S/C14H12BrN3O3/c1-7(16-13(19)11-4-5-12(15)21-11)8-2-3-9-10(6-8)18-14(20)17-9/h2-7H,1H3,(H,16,19)(H2,17,18,20). The lowest BCUT2D eigenvalue weighted by molar-refractivity contribution is 0.0910. The summed E-state index contributed by atoms with van der Waals surface area (Å²) in [5.74, 6) is -0.0549. The summed E-state index contributed by atoms with van der Waals surface area (Å²) in [4.78, 5) is 28.6. The molecule has 7 heteroatoms. The van der Waals surface area contributed by atoms with Crippen molar-refractivity contribution in [3.05, 3.63) is 56.8 Å². The molecule has 0 saturated carbocycles. The molecule has 0 aliphatic rings. The summed E-state index contributed by atoms with van der Waals surface area (Å²) < 4.78 is 5.71. The van der Waals surface area contributed by atoms with Crippen molar-refractivity contribution in [3.63, 3.8) is 0 Å². The molecule has 1 aromatic carbocycles. The molecule has 0 fully saturated rings. The van der Waals surface area contributed by atoms with E-state index in [4.69, 9.17) is 4.42 Å². The van der Waals surface area contributed by atoms with Gasteiger partial charge in [0.25, 0.3) is 5.91 Å². The van der Waals surface area contributed by atoms with Gasteiger partial charge in [0.1, 0.15) is 0 Å². The van der Waals surface area contributed by atoms with Gasteiger partial charge in [-0.15, -0.1) is 0 Å². The first-order valence-electron chi connectivity index (χ1n) is 6.31. The van der Waals surface area contributed by atoms with Crippen LogP contribution in [-0.2, 0) is 0 Å². The van der Waals surface area contributed by atoms with E-state index in [1.807, 2.05) is 19.1 Å². The van der Waals surface area contributed by atoms with Gasteiger partial charge in [-0.25, -0.2) is 4.79 Å². The highest BCUT2D eigenvalue weighted by atomic mass is 79.9. The van der Waals surface area contributed by atoms with Crippen molar-refractivity contribution in [2.45, 2.75) is 13.0 Å². The summed E-state index contributed by atoms with van der Waals surface area (Å²) >= 11 is 3.16. The Morgan fingerprint density at radius 1 is 1.24 bits per heavy atom. The first kappa shape index (κ1) is 13.7. The number of fused-ring (bicyclic) bond motifs is 1. The molecule has 1 unspecified atom stereocenters. The Morgan fingerprint density at radius 2 is 2.00 bits per heavy atom. The van der Waals surface area contributed by atoms with Crippen LogP contribution in [0.3, 0.4) is 0 Å². The number of benzene rings is 1. The largest absolute Gasteiger partial charge is 0.444 e. The topological polar surface area (TPSA) is 90.9 Å². The van der Waals surface area contributed by atoms with Crippen molar-refractivity contribution in [3.8, 4) is 0 Å². The minimum atomic E-state index is -0.296. The summed E-state index contributed by atoms with van der Waals surface area (Å²) in [5.41, 5.74) is 2.08. The monoisotopic (exact) mass is 349 g/mol. The fraction of sp³-hybridized carbons (Fsp3) is 0.143. The molecule has 0 spiro atoms. The van der Waals surface area contributed by atoms with Gasteiger partial charge in [0.15, 0.2) is 10.4 Å². The summed E-state index contributed by atoms with van der Waals surface area (Å²) in [6.07, 6.45) is 0. The Morgan fingerprint density at radius 3 is 2.71 bits per heavy atom. The number of aromatic amines is 2. The average Bonchev–Trinajstić information content (AvgIpc) is 3.02. The van der Waals surface area contributed by atoms with Crippen molar-refractivity contribution in [2.75, 3.05) is 0 Å². The molecule has 3 aromatic rings. The number of furan rings is 1. The Balaban J connectivity index is 1.81. The van der Waals surface area contributed by atoms with Crippen LogP contribution in [0.4, 0.5) is 0 Å². The van der Waals surface area contributed by atoms with Crippen LogP contribution in [0.25, 0.3) is 11.0 Å². The molecular weight excluding hydrogens is 338 g/mol. The molecule has 1 amide bonds. The molecule has 0 bridgehead atoms. The third-order valence-electron chi connectivity index (χ3n) is 3.18. The fourth-order valence-electron chi connectivity index (χ4n) is 2.11. The number of carbonyl (C=O) groups excluding carboxylic acids is 1. The van der Waals surface area contributed by atoms with Gasteiger partial charge in [-0.2, -0.15) is 0 Å². The predicted molar refractivity (Wildman–Crippen MR) is 81.2 cm³/mol. The number of carbonyl (C=O) groups is 1. The van der Waals surface area contributed by atoms with Crippen LogP contribution in [0, 0.1) is 0 Å². The van der Waals surface area contributed by atoms with Gasteiger partial charge in [-0.05, 0) is 52.7 Å². The number of amides is 1. The van der Waals surface area contributed by atoms with E-state index in [-0.39, 0.29) is 23.4 Å². The summed E-state index contributed by atoms with van der Waals surface area (Å²) in [6.45, 7) is 1.86. The van der Waals surface area contributed by atoms with Gasteiger partial charge >= 0.3 is 5.69 Å². The predicted octanol–water partition coefficient (Wildman–Crippen LogP) is 2.70. The highest BCUT2D eigenvalue weighted by molar-refractivity contribution is 9.10. The third-order valence-corrected chi connectivity index (χ3v) is 3.61. The first-order chi connectivity index (χ1) is 10.0. The van der Waals surface area contributed by atoms with E-state index in [9.17, 15) is 9.59 Å². The second-order valence-electron chi connectivity index (χ2n) is 4.68. The summed E-state index contributed by atoms with van der Waals surface area (Å²) in [6, 6.07) is 8.53. The zero-order valence-corrected chi connectivity index (χ0v) is 12.7. The Bertz CT molecular complexity index is 862. The molecule has 1 atom stereocenters. The SMILES string of the molecule is CC(NC(=O)c1ccc(Br)o1)c1ccc2[nH]c(=O)[nH]c2c1. The maximum atomic E-state index is 12.0. The molecule has 108 valence electrons. The van der Waals surface area contributed by atoms with Gasteiger partial charge in [0.05, 0.1) is 17.1 Å². The highest BCUT2D eigenvalue weighted by Crippen LogP contribution is 2.19.